The topological polar surface area (TPSA) is 266 Å². The van der Waals surface area contributed by atoms with Crippen LogP contribution in [0.2, 0.25) is 0 Å². The van der Waals surface area contributed by atoms with Crippen molar-refractivity contribution >= 4 is 29.7 Å². The first-order valence-electron chi connectivity index (χ1n) is 10.3. The summed E-state index contributed by atoms with van der Waals surface area (Å²) >= 11 is 0. The van der Waals surface area contributed by atoms with Crippen LogP contribution in [0.25, 0.3) is 0 Å². The molecule has 2 heterocycles. The van der Waals surface area contributed by atoms with Gasteiger partial charge in [0.15, 0.2) is 0 Å². The Labute approximate surface area is 197 Å². The average molecular weight is 494 g/mol. The summed E-state index contributed by atoms with van der Waals surface area (Å²) in [7, 11) is 0. The van der Waals surface area contributed by atoms with Crippen LogP contribution >= 0.6 is 0 Å². The number of nitrogens with zero attached hydrogens (tertiary/aromatic N) is 2. The van der Waals surface area contributed by atoms with Crippen molar-refractivity contribution in [2.45, 2.75) is 43.4 Å². The van der Waals surface area contributed by atoms with Gasteiger partial charge in [0.2, 0.25) is 17.7 Å². The lowest BCUT2D eigenvalue weighted by molar-refractivity contribution is -0.143. The summed E-state index contributed by atoms with van der Waals surface area (Å²) in [5, 5.41) is 34.5. The molecule has 4 unspecified atom stereocenters. The zero-order valence-corrected chi connectivity index (χ0v) is 18.3. The van der Waals surface area contributed by atoms with Gasteiger partial charge in [0.1, 0.15) is 18.1 Å². The molecule has 16 heteroatoms. The number of nitrogens with one attached hydrogen (secondary N) is 5. The highest BCUT2D eigenvalue weighted by atomic mass is 16.4. The molecule has 0 spiro atoms. The van der Waals surface area contributed by atoms with Crippen molar-refractivity contribution in [1.29, 1.82) is 0 Å². The number of nitrogens with two attached hydrogens (primary N) is 1. The summed E-state index contributed by atoms with van der Waals surface area (Å²) in [5.74, 6) is -5.77. The Morgan fingerprint density at radius 2 is 1.34 bits per heavy atom. The second kappa shape index (κ2) is 12.8. The number of carboxylic acid groups (broad SMARTS) is 2. The van der Waals surface area contributed by atoms with E-state index in [1.54, 1.807) is 0 Å². The van der Waals surface area contributed by atoms with Crippen LogP contribution in [0, 0.1) is 0 Å². The molecule has 0 saturated carbocycles. The third kappa shape index (κ3) is 8.52. The molecule has 0 aromatic carbocycles. The molecule has 0 aliphatic rings. The number of H-pyrrole nitrogens is 2. The van der Waals surface area contributed by atoms with E-state index in [0.717, 1.165) is 0 Å². The molecule has 10 N–H and O–H groups in total. The van der Waals surface area contributed by atoms with Crippen LogP contribution in [0.1, 0.15) is 17.8 Å². The molecule has 0 fully saturated rings. The molecule has 0 aliphatic carbocycles. The molecule has 16 nitrogen and oxygen atoms in total. The highest BCUT2D eigenvalue weighted by Gasteiger charge is 2.31. The molecular formula is C19H26N8O8. The molecule has 0 aliphatic heterocycles. The number of carbonyl (C=O) groups excluding carboxylic acids is 3. The summed E-state index contributed by atoms with van der Waals surface area (Å²) in [6.45, 7) is -0.930. The van der Waals surface area contributed by atoms with Gasteiger partial charge in [-0.1, -0.05) is 0 Å². The van der Waals surface area contributed by atoms with Crippen LogP contribution < -0.4 is 21.7 Å². The van der Waals surface area contributed by atoms with Gasteiger partial charge in [-0.15, -0.1) is 0 Å². The van der Waals surface area contributed by atoms with Gasteiger partial charge in [0, 0.05) is 36.6 Å². The number of hydrogen-bond donors (Lipinski definition) is 9. The third-order valence-corrected chi connectivity index (χ3v) is 4.75. The minimum atomic E-state index is -1.63. The van der Waals surface area contributed by atoms with E-state index in [4.69, 9.17) is 10.8 Å². The summed E-state index contributed by atoms with van der Waals surface area (Å²) in [6, 6.07) is -5.81. The number of aromatic amines is 2. The highest BCUT2D eigenvalue weighted by molar-refractivity contribution is 5.95. The summed E-state index contributed by atoms with van der Waals surface area (Å²) in [5.41, 5.74) is 6.75. The van der Waals surface area contributed by atoms with Gasteiger partial charge in [-0.2, -0.15) is 0 Å². The summed E-state index contributed by atoms with van der Waals surface area (Å²) in [4.78, 5) is 73.2. The lowest BCUT2D eigenvalue weighted by atomic mass is 10.1. The Balaban J connectivity index is 2.02. The number of aliphatic hydroxyl groups excluding tert-OH is 1. The molecular weight excluding hydrogens is 468 g/mol. The highest BCUT2D eigenvalue weighted by Crippen LogP contribution is 2.02. The number of amides is 3. The molecule has 2 aromatic heterocycles. The first-order valence-corrected chi connectivity index (χ1v) is 10.3. The maximum atomic E-state index is 12.6. The SMILES string of the molecule is NC(Cc1cnc[nH]1)C(=O)NC(CC(=O)O)C(=O)NC(CO)C(=O)NC(Cc1cnc[nH]1)C(=O)O. The monoisotopic (exact) mass is 494 g/mol. The number of carboxylic acids is 2. The minimum Gasteiger partial charge on any atom is -0.481 e. The molecule has 0 bridgehead atoms. The van der Waals surface area contributed by atoms with Crippen LogP contribution in [-0.4, -0.2) is 95.7 Å². The summed E-state index contributed by atoms with van der Waals surface area (Å²) < 4.78 is 0. The predicted octanol–water partition coefficient (Wildman–Crippen LogP) is -3.75. The average Bonchev–Trinajstić information content (AvgIpc) is 3.50. The molecule has 190 valence electrons. The lowest BCUT2D eigenvalue weighted by Gasteiger charge is -2.23. The minimum absolute atomic E-state index is 0.0296. The van der Waals surface area contributed by atoms with E-state index >= 15 is 0 Å². The van der Waals surface area contributed by atoms with E-state index in [2.05, 4.69) is 35.9 Å². The van der Waals surface area contributed by atoms with Gasteiger partial charge in [-0.3, -0.25) is 19.2 Å². The Morgan fingerprint density at radius 3 is 1.83 bits per heavy atom. The fraction of sp³-hybridized carbons (Fsp3) is 0.421. The Kier molecular flexibility index (Phi) is 9.85. The van der Waals surface area contributed by atoms with Crippen molar-refractivity contribution < 1.29 is 39.3 Å². The van der Waals surface area contributed by atoms with Crippen LogP contribution in [0.4, 0.5) is 0 Å². The van der Waals surface area contributed by atoms with Crippen molar-refractivity contribution in [3.05, 3.63) is 36.4 Å². The van der Waals surface area contributed by atoms with Crippen molar-refractivity contribution in [3.63, 3.8) is 0 Å². The lowest BCUT2D eigenvalue weighted by Crippen LogP contribution is -2.58. The Hall–Kier alpha value is -4.31. The molecule has 4 atom stereocenters. The molecule has 2 aromatic rings. The first kappa shape index (κ1) is 26.9. The number of aromatic nitrogens is 4. The van der Waals surface area contributed by atoms with Gasteiger partial charge < -0.3 is 47.0 Å². The number of rotatable bonds is 14. The van der Waals surface area contributed by atoms with Crippen LogP contribution in [-0.2, 0) is 36.8 Å². The largest absolute Gasteiger partial charge is 0.481 e. The van der Waals surface area contributed by atoms with Gasteiger partial charge in [-0.25, -0.2) is 14.8 Å². The zero-order chi connectivity index (χ0) is 26.0. The van der Waals surface area contributed by atoms with Crippen LogP contribution in [0.15, 0.2) is 25.0 Å². The van der Waals surface area contributed by atoms with Crippen LogP contribution in [0.3, 0.4) is 0 Å². The van der Waals surface area contributed by atoms with E-state index in [9.17, 15) is 34.2 Å². The maximum Gasteiger partial charge on any atom is 0.326 e. The van der Waals surface area contributed by atoms with E-state index in [1.165, 1.54) is 25.0 Å². The van der Waals surface area contributed by atoms with Gasteiger partial charge in [0.05, 0.1) is 31.7 Å². The first-order chi connectivity index (χ1) is 16.6. The normalized spacial score (nSPS) is 14.2. The fourth-order valence-corrected chi connectivity index (χ4v) is 2.94. The second-order valence-corrected chi connectivity index (χ2v) is 7.47. The number of aliphatic carboxylic acids is 2. The standard InChI is InChI=1S/C19H26N8O8/c20-11(1-9-4-21-7-23-9)16(31)25-12(3-15(29)30)17(32)27-14(6-28)18(33)26-13(19(34)35)2-10-5-22-8-24-10/h4-5,7-8,11-14,28H,1-3,6,20H2,(H,21,23)(H,22,24)(H,25,31)(H,26,33)(H,27,32)(H,29,30)(H,34,35). The molecule has 0 saturated heterocycles. The zero-order valence-electron chi connectivity index (χ0n) is 18.3. The van der Waals surface area contributed by atoms with Gasteiger partial charge >= 0.3 is 11.9 Å². The van der Waals surface area contributed by atoms with Crippen molar-refractivity contribution in [2.24, 2.45) is 5.73 Å². The Morgan fingerprint density at radius 1 is 0.829 bits per heavy atom. The number of hydrogen-bond acceptors (Lipinski definition) is 9. The number of carbonyl (C=O) groups is 5. The quantitative estimate of drug-likeness (QED) is 0.123. The Bertz CT molecular complexity index is 1010. The molecule has 35 heavy (non-hydrogen) atoms. The van der Waals surface area contributed by atoms with Crippen LogP contribution in [0.5, 0.6) is 0 Å². The van der Waals surface area contributed by atoms with E-state index in [0.29, 0.717) is 11.4 Å². The molecule has 0 radical (unpaired) electrons. The van der Waals surface area contributed by atoms with Crippen molar-refractivity contribution in [3.8, 4) is 0 Å². The van der Waals surface area contributed by atoms with Gasteiger partial charge in [0.25, 0.3) is 0 Å². The van der Waals surface area contributed by atoms with Gasteiger partial charge in [-0.05, 0) is 0 Å². The maximum absolute atomic E-state index is 12.6. The predicted molar refractivity (Wildman–Crippen MR) is 115 cm³/mol. The van der Waals surface area contributed by atoms with E-state index in [-0.39, 0.29) is 12.8 Å². The van der Waals surface area contributed by atoms with E-state index < -0.39 is 66.9 Å². The number of aliphatic hydroxyl groups is 1. The van der Waals surface area contributed by atoms with Crippen molar-refractivity contribution in [1.82, 2.24) is 35.9 Å². The van der Waals surface area contributed by atoms with Crippen molar-refractivity contribution in [2.75, 3.05) is 6.61 Å². The molecule has 3 amide bonds. The second-order valence-electron chi connectivity index (χ2n) is 7.47. The molecule has 2 rings (SSSR count). The third-order valence-electron chi connectivity index (χ3n) is 4.75. The van der Waals surface area contributed by atoms with E-state index in [1.807, 2.05) is 0 Å². The number of imidazole rings is 2. The fourth-order valence-electron chi connectivity index (χ4n) is 2.94. The summed E-state index contributed by atoms with van der Waals surface area (Å²) in [6.07, 6.45) is 4.54. The smallest absolute Gasteiger partial charge is 0.326 e.